The van der Waals surface area contributed by atoms with Crippen molar-refractivity contribution in [3.05, 3.63) is 40.4 Å². The molecule has 1 aliphatic rings. The molecule has 0 aliphatic heterocycles. The zero-order chi connectivity index (χ0) is 21.8. The Labute approximate surface area is 166 Å². The molecule has 0 saturated heterocycles. The first kappa shape index (κ1) is 23.0. The van der Waals surface area contributed by atoms with E-state index in [0.717, 1.165) is 6.07 Å². The van der Waals surface area contributed by atoms with Crippen LogP contribution >= 0.6 is 0 Å². The number of nitrogens with zero attached hydrogens (tertiary/aromatic N) is 1. The smallest absolute Gasteiger partial charge is 0.433 e. The van der Waals surface area contributed by atoms with Crippen LogP contribution < -0.4 is 0 Å². The van der Waals surface area contributed by atoms with Crippen LogP contribution in [-0.4, -0.2) is 42.0 Å². The Kier molecular flexibility index (Phi) is 7.54. The standard InChI is InChI=1S/C20H24F3NO5/c1-11-4-5-12(2)18(26)16(17(11)25)19(27)13-6-7-15(20(21,22)23)24-14(13)10-29-9-8-28-3/h6-7,11-12,25H,4-5,8-10H2,1-3H3. The molecule has 0 aromatic carbocycles. The van der Waals surface area contributed by atoms with E-state index in [1.165, 1.54) is 7.11 Å². The van der Waals surface area contributed by atoms with Gasteiger partial charge < -0.3 is 14.6 Å². The highest BCUT2D eigenvalue weighted by atomic mass is 19.4. The summed E-state index contributed by atoms with van der Waals surface area (Å²) in [4.78, 5) is 29.3. The number of rotatable bonds is 7. The van der Waals surface area contributed by atoms with Crippen molar-refractivity contribution in [2.24, 2.45) is 11.8 Å². The number of allylic oxidation sites excluding steroid dienone is 2. The van der Waals surface area contributed by atoms with Crippen molar-refractivity contribution < 1.29 is 37.3 Å². The summed E-state index contributed by atoms with van der Waals surface area (Å²) in [6.45, 7) is 3.26. The molecule has 1 aromatic heterocycles. The second-order valence-electron chi connectivity index (χ2n) is 7.07. The number of Topliss-reactive ketones (excluding diaryl/α,β-unsaturated/α-hetero) is 2. The Bertz CT molecular complexity index is 804. The Morgan fingerprint density at radius 1 is 1.21 bits per heavy atom. The number of carbonyl (C=O) groups excluding carboxylic acids is 2. The normalized spacial score (nSPS) is 20.7. The molecule has 2 unspecified atom stereocenters. The maximum absolute atomic E-state index is 13.1. The Balaban J connectivity index is 2.48. The number of aliphatic hydroxyl groups is 1. The zero-order valence-electron chi connectivity index (χ0n) is 16.5. The molecule has 0 fully saturated rings. The molecule has 0 radical (unpaired) electrons. The summed E-state index contributed by atoms with van der Waals surface area (Å²) in [5.41, 5.74) is -2.01. The lowest BCUT2D eigenvalue weighted by atomic mass is 9.91. The number of ketones is 2. The van der Waals surface area contributed by atoms with Crippen LogP contribution in [0.15, 0.2) is 23.5 Å². The number of pyridine rings is 1. The maximum Gasteiger partial charge on any atom is 0.433 e. The van der Waals surface area contributed by atoms with E-state index in [9.17, 15) is 27.9 Å². The van der Waals surface area contributed by atoms with Gasteiger partial charge >= 0.3 is 6.18 Å². The Morgan fingerprint density at radius 2 is 1.86 bits per heavy atom. The first-order chi connectivity index (χ1) is 13.6. The average Bonchev–Trinajstić information content (AvgIpc) is 2.76. The highest BCUT2D eigenvalue weighted by Crippen LogP contribution is 2.32. The summed E-state index contributed by atoms with van der Waals surface area (Å²) in [5.74, 6) is -2.60. The Hall–Kier alpha value is -2.26. The fourth-order valence-corrected chi connectivity index (χ4v) is 3.04. The minimum atomic E-state index is -4.70. The summed E-state index contributed by atoms with van der Waals surface area (Å²) in [6.07, 6.45) is -3.68. The lowest BCUT2D eigenvalue weighted by Gasteiger charge is -2.15. The number of hydrogen-bond acceptors (Lipinski definition) is 6. The molecular weight excluding hydrogens is 391 g/mol. The van der Waals surface area contributed by atoms with Gasteiger partial charge in [-0.25, -0.2) is 4.98 Å². The van der Waals surface area contributed by atoms with E-state index in [4.69, 9.17) is 9.47 Å². The highest BCUT2D eigenvalue weighted by Gasteiger charge is 2.36. The summed E-state index contributed by atoms with van der Waals surface area (Å²) >= 11 is 0. The van der Waals surface area contributed by atoms with Crippen LogP contribution in [0.1, 0.15) is 48.4 Å². The van der Waals surface area contributed by atoms with Crippen molar-refractivity contribution in [1.82, 2.24) is 4.98 Å². The predicted molar refractivity (Wildman–Crippen MR) is 97.3 cm³/mol. The van der Waals surface area contributed by atoms with Gasteiger partial charge in [0.1, 0.15) is 17.0 Å². The third-order valence-electron chi connectivity index (χ3n) is 4.86. The molecule has 1 aromatic rings. The van der Waals surface area contributed by atoms with Crippen LogP contribution in [0.5, 0.6) is 0 Å². The number of carbonyl (C=O) groups is 2. The summed E-state index contributed by atoms with van der Waals surface area (Å²) in [7, 11) is 1.44. The lowest BCUT2D eigenvalue weighted by molar-refractivity contribution is -0.141. The predicted octanol–water partition coefficient (Wildman–Crippen LogP) is 3.89. The van der Waals surface area contributed by atoms with Crippen molar-refractivity contribution >= 4 is 11.6 Å². The molecule has 0 spiro atoms. The number of alkyl halides is 3. The van der Waals surface area contributed by atoms with Gasteiger partial charge in [-0.05, 0) is 25.0 Å². The van der Waals surface area contributed by atoms with E-state index in [1.807, 2.05) is 0 Å². The van der Waals surface area contributed by atoms with Gasteiger partial charge in [0.2, 0.25) is 5.78 Å². The number of aliphatic hydroxyl groups excluding tert-OH is 1. The van der Waals surface area contributed by atoms with E-state index in [-0.39, 0.29) is 42.4 Å². The quantitative estimate of drug-likeness (QED) is 0.413. The van der Waals surface area contributed by atoms with E-state index < -0.39 is 35.3 Å². The lowest BCUT2D eigenvalue weighted by Crippen LogP contribution is -2.23. The fraction of sp³-hybridized carbons (Fsp3) is 0.550. The van der Waals surface area contributed by atoms with Crippen molar-refractivity contribution in [3.8, 4) is 0 Å². The molecule has 160 valence electrons. The average molecular weight is 415 g/mol. The molecule has 1 aliphatic carbocycles. The number of aromatic nitrogens is 1. The van der Waals surface area contributed by atoms with Gasteiger partial charge in [0.15, 0.2) is 5.78 Å². The van der Waals surface area contributed by atoms with E-state index in [1.54, 1.807) is 13.8 Å². The zero-order valence-corrected chi connectivity index (χ0v) is 16.5. The minimum Gasteiger partial charge on any atom is -0.511 e. The fourth-order valence-electron chi connectivity index (χ4n) is 3.04. The molecule has 1 heterocycles. The topological polar surface area (TPSA) is 85.7 Å². The molecule has 6 nitrogen and oxygen atoms in total. The third-order valence-corrected chi connectivity index (χ3v) is 4.86. The van der Waals surface area contributed by atoms with Gasteiger partial charge in [-0.3, -0.25) is 9.59 Å². The van der Waals surface area contributed by atoms with Gasteiger partial charge in [-0.1, -0.05) is 13.8 Å². The van der Waals surface area contributed by atoms with Crippen LogP contribution in [-0.2, 0) is 27.1 Å². The second kappa shape index (κ2) is 9.49. The summed E-state index contributed by atoms with van der Waals surface area (Å²) in [5, 5.41) is 10.4. The molecule has 0 saturated carbocycles. The number of methoxy groups -OCH3 is 1. The van der Waals surface area contributed by atoms with Crippen LogP contribution in [0, 0.1) is 11.8 Å². The molecule has 1 N–H and O–H groups in total. The van der Waals surface area contributed by atoms with Crippen molar-refractivity contribution in [2.45, 2.75) is 39.5 Å². The molecule has 2 rings (SSSR count). The number of ether oxygens (including phenoxy) is 2. The summed E-state index contributed by atoms with van der Waals surface area (Å²) < 4.78 is 49.3. The minimum absolute atomic E-state index is 0.0863. The molecular formula is C20H24F3NO5. The second-order valence-corrected chi connectivity index (χ2v) is 7.07. The van der Waals surface area contributed by atoms with Gasteiger partial charge in [-0.2, -0.15) is 13.2 Å². The van der Waals surface area contributed by atoms with Crippen molar-refractivity contribution in [3.63, 3.8) is 0 Å². The molecule has 9 heteroatoms. The SMILES string of the molecule is COCCOCc1nc(C(F)(F)F)ccc1C(=O)C1=C(O)C(C)CCC(C)C1=O. The monoisotopic (exact) mass is 415 g/mol. The third kappa shape index (κ3) is 5.42. The molecule has 2 atom stereocenters. The molecule has 0 amide bonds. The van der Waals surface area contributed by atoms with E-state index in [0.29, 0.717) is 18.9 Å². The molecule has 29 heavy (non-hydrogen) atoms. The van der Waals surface area contributed by atoms with Gasteiger partial charge in [0.05, 0.1) is 25.5 Å². The molecule has 0 bridgehead atoms. The highest BCUT2D eigenvalue weighted by molar-refractivity contribution is 6.27. The van der Waals surface area contributed by atoms with Crippen LogP contribution in [0.2, 0.25) is 0 Å². The van der Waals surface area contributed by atoms with Gasteiger partial charge in [-0.15, -0.1) is 0 Å². The van der Waals surface area contributed by atoms with E-state index >= 15 is 0 Å². The summed E-state index contributed by atoms with van der Waals surface area (Å²) in [6, 6.07) is 1.65. The largest absolute Gasteiger partial charge is 0.511 e. The first-order valence-electron chi connectivity index (χ1n) is 9.23. The number of halogens is 3. The Morgan fingerprint density at radius 3 is 2.48 bits per heavy atom. The van der Waals surface area contributed by atoms with E-state index in [2.05, 4.69) is 4.98 Å². The van der Waals surface area contributed by atoms with Crippen molar-refractivity contribution in [2.75, 3.05) is 20.3 Å². The van der Waals surface area contributed by atoms with Crippen molar-refractivity contribution in [1.29, 1.82) is 0 Å². The maximum atomic E-state index is 13.1. The number of hydrogen-bond donors (Lipinski definition) is 1. The van der Waals surface area contributed by atoms with Gasteiger partial charge in [0, 0.05) is 24.5 Å². The van der Waals surface area contributed by atoms with Crippen LogP contribution in [0.3, 0.4) is 0 Å². The van der Waals surface area contributed by atoms with Crippen LogP contribution in [0.4, 0.5) is 13.2 Å². The first-order valence-corrected chi connectivity index (χ1v) is 9.23. The van der Waals surface area contributed by atoms with Gasteiger partial charge in [0.25, 0.3) is 0 Å². The van der Waals surface area contributed by atoms with Crippen LogP contribution in [0.25, 0.3) is 0 Å².